The summed E-state index contributed by atoms with van der Waals surface area (Å²) >= 11 is 0. The van der Waals surface area contributed by atoms with Crippen LogP contribution in [0.3, 0.4) is 0 Å². The number of methoxy groups -OCH3 is 1. The number of benzene rings is 1. The molecule has 0 aromatic heterocycles. The maximum atomic E-state index is 14.1. The minimum Gasteiger partial charge on any atom is -0.496 e. The molecule has 146 valence electrons. The average Bonchev–Trinajstić information content (AvgIpc) is 3.35. The monoisotopic (exact) mass is 373 g/mol. The number of nitrogens with zero attached hydrogens (tertiary/aromatic N) is 1. The first kappa shape index (κ1) is 20.7. The molecule has 0 saturated heterocycles. The van der Waals surface area contributed by atoms with Crippen LogP contribution in [-0.4, -0.2) is 25.3 Å². The lowest BCUT2D eigenvalue weighted by Gasteiger charge is -2.19. The van der Waals surface area contributed by atoms with Crippen molar-refractivity contribution in [1.29, 1.82) is 0 Å². The van der Waals surface area contributed by atoms with Gasteiger partial charge in [-0.1, -0.05) is 11.6 Å². The van der Waals surface area contributed by atoms with Crippen LogP contribution in [-0.2, 0) is 11.3 Å². The number of hydrogen-bond acceptors (Lipinski definition) is 4. The molecule has 1 aliphatic rings. The Bertz CT molecular complexity index is 804. The van der Waals surface area contributed by atoms with Gasteiger partial charge in [0.05, 0.1) is 7.11 Å². The summed E-state index contributed by atoms with van der Waals surface area (Å²) in [5.41, 5.74) is 2.41. The number of aliphatic imine (C=N–C) groups is 1. The first-order chi connectivity index (χ1) is 12.7. The highest BCUT2D eigenvalue weighted by molar-refractivity contribution is 5.98. The van der Waals surface area contributed by atoms with E-state index >= 15 is 0 Å². The van der Waals surface area contributed by atoms with E-state index in [2.05, 4.69) is 29.3 Å². The first-order valence-corrected chi connectivity index (χ1v) is 8.95. The fraction of sp³-hybridized carbons (Fsp3) is 0.429. The summed E-state index contributed by atoms with van der Waals surface area (Å²) < 4.78 is 19.3. The Morgan fingerprint density at radius 1 is 1.33 bits per heavy atom. The molecule has 5 nitrogen and oxygen atoms in total. The third-order valence-electron chi connectivity index (χ3n) is 4.76. The van der Waals surface area contributed by atoms with Crippen molar-refractivity contribution in [2.24, 2.45) is 4.99 Å². The number of nitrogens with one attached hydrogen (secondary N) is 2. The highest BCUT2D eigenvalue weighted by atomic mass is 19.1. The predicted molar refractivity (Wildman–Crippen MR) is 106 cm³/mol. The lowest BCUT2D eigenvalue weighted by molar-refractivity contribution is -0.117. The summed E-state index contributed by atoms with van der Waals surface area (Å²) in [6.07, 6.45) is 2.12. The number of amides is 1. The number of carbonyl (C=O) groups is 1. The predicted octanol–water partition coefficient (Wildman–Crippen LogP) is 3.86. The molecule has 1 fully saturated rings. The fourth-order valence-electron chi connectivity index (χ4n) is 2.90. The highest BCUT2D eigenvalue weighted by Gasteiger charge is 2.38. The van der Waals surface area contributed by atoms with Gasteiger partial charge in [0.2, 0.25) is 0 Å². The van der Waals surface area contributed by atoms with E-state index in [4.69, 9.17) is 4.74 Å². The molecule has 0 atom stereocenters. The van der Waals surface area contributed by atoms with Crippen molar-refractivity contribution in [3.8, 4) is 5.75 Å². The Hall–Kier alpha value is -2.63. The molecule has 0 aliphatic heterocycles. The minimum absolute atomic E-state index is 0.0154. The Morgan fingerprint density at radius 2 is 2.00 bits per heavy atom. The van der Waals surface area contributed by atoms with Gasteiger partial charge >= 0.3 is 0 Å². The SMILES string of the molecule is C=N/C(NC1(C)CC1)=C(\C)C(C(=O)NCc1c(F)cccc1OC)=C(C)C. The van der Waals surface area contributed by atoms with E-state index in [0.29, 0.717) is 22.7 Å². The molecule has 0 unspecified atom stereocenters. The molecule has 1 aromatic rings. The van der Waals surface area contributed by atoms with Crippen LogP contribution in [0, 0.1) is 5.82 Å². The number of allylic oxidation sites excluding steroid dienone is 1. The second-order valence-electron chi connectivity index (χ2n) is 7.30. The summed E-state index contributed by atoms with van der Waals surface area (Å²) in [5.74, 6) is 0.294. The second kappa shape index (κ2) is 8.37. The van der Waals surface area contributed by atoms with Crippen LogP contribution in [0.1, 0.15) is 46.1 Å². The van der Waals surface area contributed by atoms with E-state index in [1.165, 1.54) is 13.2 Å². The van der Waals surface area contributed by atoms with Crippen molar-refractivity contribution < 1.29 is 13.9 Å². The normalized spacial score (nSPS) is 15.3. The Kier molecular flexibility index (Phi) is 6.41. The standard InChI is InChI=1S/C21H28FN3O2/c1-13(2)18(14(3)19(23-5)25-21(4)10-11-21)20(26)24-12-15-16(22)8-7-9-17(15)27-6/h7-9,25H,5,10-12H2,1-4,6H3,(H,24,26)/b19-14-. The van der Waals surface area contributed by atoms with Gasteiger partial charge in [-0.2, -0.15) is 0 Å². The van der Waals surface area contributed by atoms with Crippen LogP contribution in [0.4, 0.5) is 4.39 Å². The smallest absolute Gasteiger partial charge is 0.251 e. The zero-order chi connectivity index (χ0) is 20.2. The van der Waals surface area contributed by atoms with Crippen LogP contribution in [0.15, 0.2) is 45.7 Å². The van der Waals surface area contributed by atoms with Crippen molar-refractivity contribution in [1.82, 2.24) is 10.6 Å². The molecule has 0 heterocycles. The van der Waals surface area contributed by atoms with Gasteiger partial charge in [0.1, 0.15) is 17.4 Å². The van der Waals surface area contributed by atoms with E-state index in [9.17, 15) is 9.18 Å². The van der Waals surface area contributed by atoms with Crippen molar-refractivity contribution in [3.63, 3.8) is 0 Å². The van der Waals surface area contributed by atoms with Gasteiger partial charge in [-0.25, -0.2) is 9.38 Å². The van der Waals surface area contributed by atoms with Crippen LogP contribution in [0.5, 0.6) is 5.75 Å². The largest absolute Gasteiger partial charge is 0.496 e. The summed E-state index contributed by atoms with van der Waals surface area (Å²) in [7, 11) is 1.47. The molecule has 0 radical (unpaired) electrons. The number of rotatable bonds is 8. The van der Waals surface area contributed by atoms with Crippen molar-refractivity contribution >= 4 is 12.6 Å². The molecule has 0 spiro atoms. The molecule has 1 saturated carbocycles. The van der Waals surface area contributed by atoms with Gasteiger partial charge < -0.3 is 15.4 Å². The maximum absolute atomic E-state index is 14.1. The van der Waals surface area contributed by atoms with Gasteiger partial charge in [-0.15, -0.1) is 0 Å². The quantitative estimate of drug-likeness (QED) is 0.413. The number of carbonyl (C=O) groups excluding carboxylic acids is 1. The highest BCUT2D eigenvalue weighted by Crippen LogP contribution is 2.36. The molecule has 6 heteroatoms. The first-order valence-electron chi connectivity index (χ1n) is 8.95. The van der Waals surface area contributed by atoms with Gasteiger partial charge in [0.25, 0.3) is 5.91 Å². The van der Waals surface area contributed by atoms with E-state index < -0.39 is 5.82 Å². The molecule has 1 aliphatic carbocycles. The number of hydrogen-bond donors (Lipinski definition) is 2. The molecular formula is C21H28FN3O2. The molecule has 1 aromatic carbocycles. The Morgan fingerprint density at radius 3 is 2.52 bits per heavy atom. The van der Waals surface area contributed by atoms with Gasteiger partial charge in [-0.3, -0.25) is 4.79 Å². The zero-order valence-corrected chi connectivity index (χ0v) is 16.7. The zero-order valence-electron chi connectivity index (χ0n) is 16.7. The number of ether oxygens (including phenoxy) is 1. The van der Waals surface area contributed by atoms with Crippen molar-refractivity contribution in [2.45, 2.75) is 52.6 Å². The molecule has 27 heavy (non-hydrogen) atoms. The molecule has 2 rings (SSSR count). The molecule has 1 amide bonds. The summed E-state index contributed by atoms with van der Waals surface area (Å²) in [4.78, 5) is 16.9. The van der Waals surface area contributed by atoms with E-state index in [0.717, 1.165) is 24.0 Å². The third-order valence-corrected chi connectivity index (χ3v) is 4.76. The van der Waals surface area contributed by atoms with Crippen LogP contribution >= 0.6 is 0 Å². The lowest BCUT2D eigenvalue weighted by atomic mass is 10.0. The molecule has 0 bridgehead atoms. The van der Waals surface area contributed by atoms with Gasteiger partial charge in [0, 0.05) is 28.8 Å². The van der Waals surface area contributed by atoms with E-state index in [1.54, 1.807) is 12.1 Å². The second-order valence-corrected chi connectivity index (χ2v) is 7.30. The average molecular weight is 373 g/mol. The molecular weight excluding hydrogens is 345 g/mol. The Balaban J connectivity index is 2.23. The summed E-state index contributed by atoms with van der Waals surface area (Å²) in [6.45, 7) is 11.3. The fourth-order valence-corrected chi connectivity index (χ4v) is 2.90. The van der Waals surface area contributed by atoms with Crippen LogP contribution in [0.25, 0.3) is 0 Å². The minimum atomic E-state index is -0.419. The lowest BCUT2D eigenvalue weighted by Crippen LogP contribution is -2.30. The summed E-state index contributed by atoms with van der Waals surface area (Å²) in [5, 5.41) is 6.16. The molecule has 2 N–H and O–H groups in total. The van der Waals surface area contributed by atoms with E-state index in [-0.39, 0.29) is 18.0 Å². The van der Waals surface area contributed by atoms with Crippen LogP contribution < -0.4 is 15.4 Å². The van der Waals surface area contributed by atoms with Gasteiger partial charge in [0.15, 0.2) is 0 Å². The van der Waals surface area contributed by atoms with Crippen molar-refractivity contribution in [2.75, 3.05) is 7.11 Å². The maximum Gasteiger partial charge on any atom is 0.251 e. The summed E-state index contributed by atoms with van der Waals surface area (Å²) in [6, 6.07) is 4.58. The van der Waals surface area contributed by atoms with Crippen molar-refractivity contribution in [3.05, 3.63) is 52.1 Å². The Labute approximate surface area is 160 Å². The van der Waals surface area contributed by atoms with Crippen LogP contribution in [0.2, 0.25) is 0 Å². The topological polar surface area (TPSA) is 62.7 Å². The van der Waals surface area contributed by atoms with Gasteiger partial charge in [-0.05, 0) is 59.4 Å². The van der Waals surface area contributed by atoms with E-state index in [1.807, 2.05) is 20.8 Å². The third kappa shape index (κ3) is 4.96. The number of halogens is 1.